The number of hydrogen-bond donors (Lipinski definition) is 1. The van der Waals surface area contributed by atoms with Gasteiger partial charge in [0.2, 0.25) is 5.88 Å². The summed E-state index contributed by atoms with van der Waals surface area (Å²) in [5.41, 5.74) is 0.896. The van der Waals surface area contributed by atoms with Gasteiger partial charge in [-0.25, -0.2) is 9.78 Å². The van der Waals surface area contributed by atoms with Crippen molar-refractivity contribution >= 4 is 17.6 Å². The van der Waals surface area contributed by atoms with Crippen molar-refractivity contribution in [2.45, 2.75) is 6.92 Å². The van der Waals surface area contributed by atoms with Gasteiger partial charge in [0.15, 0.2) is 6.61 Å². The van der Waals surface area contributed by atoms with E-state index in [1.807, 2.05) is 6.92 Å². The highest BCUT2D eigenvalue weighted by molar-refractivity contribution is 6.31. The minimum absolute atomic E-state index is 0.148. The van der Waals surface area contributed by atoms with Crippen LogP contribution in [0.1, 0.15) is 5.56 Å². The molecule has 1 aromatic heterocycles. The fourth-order valence-corrected chi connectivity index (χ4v) is 1.03. The van der Waals surface area contributed by atoms with Crippen molar-refractivity contribution in [1.82, 2.24) is 4.98 Å². The van der Waals surface area contributed by atoms with Crippen LogP contribution in [0.3, 0.4) is 0 Å². The van der Waals surface area contributed by atoms with E-state index in [4.69, 9.17) is 21.4 Å². The summed E-state index contributed by atoms with van der Waals surface area (Å²) in [5.74, 6) is -0.909. The van der Waals surface area contributed by atoms with Crippen LogP contribution < -0.4 is 4.74 Å². The molecule has 1 rings (SSSR count). The van der Waals surface area contributed by atoms with Crippen LogP contribution in [0.25, 0.3) is 0 Å². The normalized spacial score (nSPS) is 9.69. The van der Waals surface area contributed by atoms with Crippen LogP contribution in [0.4, 0.5) is 0 Å². The molecule has 0 aromatic carbocycles. The Hall–Kier alpha value is -1.29. The molecule has 0 amide bonds. The van der Waals surface area contributed by atoms with E-state index in [0.717, 1.165) is 5.56 Å². The van der Waals surface area contributed by atoms with E-state index in [9.17, 15) is 4.79 Å². The molecule has 5 heteroatoms. The molecular formula is C8H8ClNO3. The molecule has 0 saturated heterocycles. The summed E-state index contributed by atoms with van der Waals surface area (Å²) in [6.45, 7) is 1.40. The second-order valence-corrected chi connectivity index (χ2v) is 2.89. The number of aromatic nitrogens is 1. The number of ether oxygens (including phenoxy) is 1. The summed E-state index contributed by atoms with van der Waals surface area (Å²) in [4.78, 5) is 14.0. The number of nitrogens with zero attached hydrogens (tertiary/aromatic N) is 1. The Morgan fingerprint density at radius 3 is 3.00 bits per heavy atom. The van der Waals surface area contributed by atoms with Crippen molar-refractivity contribution in [3.05, 3.63) is 22.8 Å². The average molecular weight is 202 g/mol. The Bertz CT molecular complexity index is 327. The van der Waals surface area contributed by atoms with E-state index in [0.29, 0.717) is 5.02 Å². The number of aryl methyl sites for hydroxylation is 1. The lowest BCUT2D eigenvalue weighted by Gasteiger charge is -2.03. The molecule has 0 spiro atoms. The van der Waals surface area contributed by atoms with Crippen molar-refractivity contribution in [3.63, 3.8) is 0 Å². The largest absolute Gasteiger partial charge is 0.479 e. The first-order valence-electron chi connectivity index (χ1n) is 3.56. The highest BCUT2D eigenvalue weighted by atomic mass is 35.5. The van der Waals surface area contributed by atoms with E-state index >= 15 is 0 Å². The number of carboxylic acid groups (broad SMARTS) is 1. The highest BCUT2D eigenvalue weighted by Gasteiger charge is 2.05. The maximum absolute atomic E-state index is 10.2. The van der Waals surface area contributed by atoms with Crippen molar-refractivity contribution < 1.29 is 14.6 Å². The minimum Gasteiger partial charge on any atom is -0.479 e. The predicted octanol–water partition coefficient (Wildman–Crippen LogP) is 1.51. The first-order chi connectivity index (χ1) is 6.09. The third-order valence-corrected chi connectivity index (χ3v) is 1.55. The quantitative estimate of drug-likeness (QED) is 0.805. The Kier molecular flexibility index (Phi) is 3.08. The number of halogens is 1. The Morgan fingerprint density at radius 1 is 1.77 bits per heavy atom. The summed E-state index contributed by atoms with van der Waals surface area (Å²) in [6.07, 6.45) is 1.56. The van der Waals surface area contributed by atoms with Gasteiger partial charge in [-0.1, -0.05) is 11.6 Å². The number of carbonyl (C=O) groups is 1. The number of pyridine rings is 1. The van der Waals surface area contributed by atoms with Crippen molar-refractivity contribution in [3.8, 4) is 5.88 Å². The van der Waals surface area contributed by atoms with Crippen LogP contribution in [-0.4, -0.2) is 22.7 Å². The smallest absolute Gasteiger partial charge is 0.341 e. The van der Waals surface area contributed by atoms with Crippen molar-refractivity contribution in [1.29, 1.82) is 0 Å². The van der Waals surface area contributed by atoms with Gasteiger partial charge in [0, 0.05) is 6.20 Å². The maximum atomic E-state index is 10.2. The van der Waals surface area contributed by atoms with Crippen LogP contribution in [0.5, 0.6) is 5.88 Å². The van der Waals surface area contributed by atoms with Crippen LogP contribution >= 0.6 is 11.6 Å². The second-order valence-electron chi connectivity index (χ2n) is 2.48. The van der Waals surface area contributed by atoms with Gasteiger partial charge >= 0.3 is 5.97 Å². The van der Waals surface area contributed by atoms with Crippen LogP contribution in [-0.2, 0) is 4.79 Å². The highest BCUT2D eigenvalue weighted by Crippen LogP contribution is 2.21. The molecule has 0 atom stereocenters. The lowest BCUT2D eigenvalue weighted by molar-refractivity contribution is -0.139. The monoisotopic (exact) mass is 201 g/mol. The second kappa shape index (κ2) is 4.09. The Morgan fingerprint density at radius 2 is 2.46 bits per heavy atom. The Labute approximate surface area is 80.1 Å². The van der Waals surface area contributed by atoms with Crippen molar-refractivity contribution in [2.75, 3.05) is 6.61 Å². The molecule has 13 heavy (non-hydrogen) atoms. The summed E-state index contributed by atoms with van der Waals surface area (Å²) >= 11 is 5.73. The number of rotatable bonds is 3. The summed E-state index contributed by atoms with van der Waals surface area (Å²) in [5, 5.41) is 8.65. The van der Waals surface area contributed by atoms with E-state index in [-0.39, 0.29) is 5.88 Å². The lowest BCUT2D eigenvalue weighted by Crippen LogP contribution is -2.10. The zero-order valence-corrected chi connectivity index (χ0v) is 7.71. The standard InChI is InChI=1S/C8H8ClNO3/c1-5-2-6(9)8(10-3-5)13-4-7(11)12/h2-3H,4H2,1H3,(H,11,12). The van der Waals surface area contributed by atoms with Gasteiger partial charge in [0.05, 0.1) is 0 Å². The van der Waals surface area contributed by atoms with Gasteiger partial charge in [-0.3, -0.25) is 0 Å². The van der Waals surface area contributed by atoms with Crippen molar-refractivity contribution in [2.24, 2.45) is 0 Å². The van der Waals surface area contributed by atoms with Gasteiger partial charge in [0.25, 0.3) is 0 Å². The molecule has 0 saturated carbocycles. The van der Waals surface area contributed by atoms with E-state index in [1.165, 1.54) is 0 Å². The molecular weight excluding hydrogens is 194 g/mol. The van der Waals surface area contributed by atoms with Gasteiger partial charge in [-0.05, 0) is 18.6 Å². The SMILES string of the molecule is Cc1cnc(OCC(=O)O)c(Cl)c1. The molecule has 1 heterocycles. The van der Waals surface area contributed by atoms with Crippen LogP contribution in [0.15, 0.2) is 12.3 Å². The zero-order chi connectivity index (χ0) is 9.84. The number of aliphatic carboxylic acids is 1. The minimum atomic E-state index is -1.06. The molecule has 1 N–H and O–H groups in total. The molecule has 0 aliphatic carbocycles. The fourth-order valence-electron chi connectivity index (χ4n) is 0.757. The third kappa shape index (κ3) is 2.91. The van der Waals surface area contributed by atoms with Gasteiger partial charge in [-0.2, -0.15) is 0 Å². The molecule has 0 aliphatic heterocycles. The summed E-state index contributed by atoms with van der Waals surface area (Å²) in [6, 6.07) is 1.66. The molecule has 1 aromatic rings. The van der Waals surface area contributed by atoms with E-state index < -0.39 is 12.6 Å². The van der Waals surface area contributed by atoms with Crippen LogP contribution in [0.2, 0.25) is 5.02 Å². The topological polar surface area (TPSA) is 59.4 Å². The zero-order valence-electron chi connectivity index (χ0n) is 6.95. The molecule has 70 valence electrons. The van der Waals surface area contributed by atoms with E-state index in [1.54, 1.807) is 12.3 Å². The van der Waals surface area contributed by atoms with Gasteiger partial charge in [-0.15, -0.1) is 0 Å². The number of carboxylic acids is 1. The summed E-state index contributed by atoms with van der Waals surface area (Å²) in [7, 11) is 0. The first kappa shape index (κ1) is 9.80. The molecule has 0 bridgehead atoms. The molecule has 0 fully saturated rings. The number of hydrogen-bond acceptors (Lipinski definition) is 3. The average Bonchev–Trinajstić information content (AvgIpc) is 2.02. The fraction of sp³-hybridized carbons (Fsp3) is 0.250. The third-order valence-electron chi connectivity index (χ3n) is 1.28. The first-order valence-corrected chi connectivity index (χ1v) is 3.94. The van der Waals surface area contributed by atoms with Gasteiger partial charge < -0.3 is 9.84 Å². The van der Waals surface area contributed by atoms with Gasteiger partial charge in [0.1, 0.15) is 5.02 Å². The van der Waals surface area contributed by atoms with E-state index in [2.05, 4.69) is 4.98 Å². The molecule has 0 unspecified atom stereocenters. The molecule has 0 aliphatic rings. The Balaban J connectivity index is 2.72. The summed E-state index contributed by atoms with van der Waals surface area (Å²) < 4.78 is 4.81. The predicted molar refractivity (Wildman–Crippen MR) is 47.1 cm³/mol. The molecule has 0 radical (unpaired) electrons. The molecule has 4 nitrogen and oxygen atoms in total. The van der Waals surface area contributed by atoms with Crippen LogP contribution in [0, 0.1) is 6.92 Å². The lowest BCUT2D eigenvalue weighted by atomic mass is 10.3. The maximum Gasteiger partial charge on any atom is 0.341 e.